The van der Waals surface area contributed by atoms with E-state index in [4.69, 9.17) is 0 Å². The van der Waals surface area contributed by atoms with Gasteiger partial charge in [0.2, 0.25) is 0 Å². The molecule has 1 nitrogen and oxygen atoms in total. The van der Waals surface area contributed by atoms with Gasteiger partial charge in [-0.05, 0) is 50.6 Å². The van der Waals surface area contributed by atoms with Crippen molar-refractivity contribution in [2.75, 3.05) is 7.05 Å². The molecule has 0 saturated carbocycles. The molecule has 1 rings (SSSR count). The van der Waals surface area contributed by atoms with Crippen molar-refractivity contribution in [3.63, 3.8) is 0 Å². The van der Waals surface area contributed by atoms with Crippen molar-refractivity contribution in [2.24, 2.45) is 11.8 Å². The fourth-order valence-corrected chi connectivity index (χ4v) is 2.70. The Morgan fingerprint density at radius 2 is 1.61 bits per heavy atom. The van der Waals surface area contributed by atoms with Gasteiger partial charge in [-0.15, -0.1) is 0 Å². The van der Waals surface area contributed by atoms with Crippen LogP contribution in [-0.4, -0.2) is 13.1 Å². The van der Waals surface area contributed by atoms with E-state index in [1.54, 1.807) is 0 Å². The summed E-state index contributed by atoms with van der Waals surface area (Å²) in [5.41, 5.74) is 2.78. The largest absolute Gasteiger partial charge is 0.317 e. The van der Waals surface area contributed by atoms with E-state index < -0.39 is 0 Å². The van der Waals surface area contributed by atoms with Gasteiger partial charge in [-0.1, -0.05) is 50.6 Å². The average molecular weight is 247 g/mol. The normalized spacial score (nSPS) is 14.8. The Morgan fingerprint density at radius 3 is 2.11 bits per heavy atom. The number of likely N-dealkylation sites (N-methyl/N-ethyl adjacent to an activating group) is 1. The highest BCUT2D eigenvalue weighted by molar-refractivity contribution is 5.22. The molecule has 0 spiro atoms. The van der Waals surface area contributed by atoms with Gasteiger partial charge in [-0.2, -0.15) is 0 Å². The molecule has 0 saturated heterocycles. The molecule has 1 heteroatoms. The number of nitrogens with one attached hydrogen (secondary N) is 1. The molecule has 1 N–H and O–H groups in total. The van der Waals surface area contributed by atoms with E-state index in [9.17, 15) is 0 Å². The van der Waals surface area contributed by atoms with Crippen LogP contribution < -0.4 is 5.32 Å². The number of benzene rings is 1. The molecule has 2 atom stereocenters. The zero-order valence-electron chi connectivity index (χ0n) is 12.7. The first-order chi connectivity index (χ1) is 8.51. The molecule has 0 aliphatic carbocycles. The van der Waals surface area contributed by atoms with Crippen LogP contribution in [0.3, 0.4) is 0 Å². The Bertz CT molecular complexity index is 326. The fourth-order valence-electron chi connectivity index (χ4n) is 2.70. The first-order valence-electron chi connectivity index (χ1n) is 7.24. The third kappa shape index (κ3) is 5.68. The molecule has 0 aliphatic rings. The van der Waals surface area contributed by atoms with Crippen molar-refractivity contribution < 1.29 is 0 Å². The first kappa shape index (κ1) is 15.2. The van der Waals surface area contributed by atoms with Crippen molar-refractivity contribution >= 4 is 0 Å². The van der Waals surface area contributed by atoms with Crippen molar-refractivity contribution in [3.05, 3.63) is 35.4 Å². The van der Waals surface area contributed by atoms with Crippen LogP contribution in [0.5, 0.6) is 0 Å². The topological polar surface area (TPSA) is 12.0 Å². The molecule has 1 aromatic carbocycles. The van der Waals surface area contributed by atoms with Crippen LogP contribution >= 0.6 is 0 Å². The third-order valence-corrected chi connectivity index (χ3v) is 3.57. The first-order valence-corrected chi connectivity index (χ1v) is 7.24. The molecular formula is C17H29N. The van der Waals surface area contributed by atoms with Crippen LogP contribution in [0, 0.1) is 18.8 Å². The van der Waals surface area contributed by atoms with E-state index >= 15 is 0 Å². The standard InChI is InChI=1S/C17H29N/c1-13(2)10-15(4)11-17(18-5)12-16-8-6-14(3)7-9-16/h6-9,13,15,17-18H,10-12H2,1-5H3. The minimum Gasteiger partial charge on any atom is -0.317 e. The average Bonchev–Trinajstić information content (AvgIpc) is 2.30. The summed E-state index contributed by atoms with van der Waals surface area (Å²) in [6.07, 6.45) is 3.73. The molecule has 2 unspecified atom stereocenters. The lowest BCUT2D eigenvalue weighted by molar-refractivity contribution is 0.361. The molecule has 0 fully saturated rings. The second-order valence-corrected chi connectivity index (χ2v) is 6.15. The SMILES string of the molecule is CNC(Cc1ccc(C)cc1)CC(C)CC(C)C. The Hall–Kier alpha value is -0.820. The van der Waals surface area contributed by atoms with Crippen LogP contribution in [0.2, 0.25) is 0 Å². The van der Waals surface area contributed by atoms with Gasteiger partial charge in [0.25, 0.3) is 0 Å². The zero-order valence-corrected chi connectivity index (χ0v) is 12.7. The summed E-state index contributed by atoms with van der Waals surface area (Å²) >= 11 is 0. The summed E-state index contributed by atoms with van der Waals surface area (Å²) in [6, 6.07) is 9.53. The van der Waals surface area contributed by atoms with Gasteiger partial charge in [-0.3, -0.25) is 0 Å². The fraction of sp³-hybridized carbons (Fsp3) is 0.647. The highest BCUT2D eigenvalue weighted by Gasteiger charge is 2.13. The molecule has 1 aromatic rings. The Morgan fingerprint density at radius 1 is 1.00 bits per heavy atom. The Balaban J connectivity index is 2.48. The highest BCUT2D eigenvalue weighted by atomic mass is 14.9. The van der Waals surface area contributed by atoms with E-state index in [-0.39, 0.29) is 0 Å². The van der Waals surface area contributed by atoms with Crippen molar-refractivity contribution in [2.45, 2.75) is 53.0 Å². The lowest BCUT2D eigenvalue weighted by Crippen LogP contribution is -2.29. The van der Waals surface area contributed by atoms with E-state index in [0.717, 1.165) is 18.3 Å². The van der Waals surface area contributed by atoms with Crippen LogP contribution in [0.15, 0.2) is 24.3 Å². The number of aryl methyl sites for hydroxylation is 1. The van der Waals surface area contributed by atoms with Gasteiger partial charge in [-0.25, -0.2) is 0 Å². The predicted octanol–water partition coefficient (Wildman–Crippen LogP) is 4.20. The summed E-state index contributed by atoms with van der Waals surface area (Å²) in [5.74, 6) is 1.60. The smallest absolute Gasteiger partial charge is 0.0107 e. The summed E-state index contributed by atoms with van der Waals surface area (Å²) in [7, 11) is 2.08. The van der Waals surface area contributed by atoms with Gasteiger partial charge < -0.3 is 5.32 Å². The van der Waals surface area contributed by atoms with Crippen molar-refractivity contribution in [3.8, 4) is 0 Å². The highest BCUT2D eigenvalue weighted by Crippen LogP contribution is 2.18. The van der Waals surface area contributed by atoms with Gasteiger partial charge in [0.1, 0.15) is 0 Å². The predicted molar refractivity (Wildman–Crippen MR) is 81.0 cm³/mol. The maximum atomic E-state index is 3.47. The summed E-state index contributed by atoms with van der Waals surface area (Å²) in [6.45, 7) is 9.14. The Kier molecular flexibility index (Phi) is 6.42. The van der Waals surface area contributed by atoms with Crippen LogP contribution in [-0.2, 0) is 6.42 Å². The molecule has 0 radical (unpaired) electrons. The minimum absolute atomic E-state index is 0.599. The molecule has 0 bridgehead atoms. The Labute approximate surface area is 113 Å². The minimum atomic E-state index is 0.599. The molecular weight excluding hydrogens is 218 g/mol. The maximum Gasteiger partial charge on any atom is 0.0107 e. The molecule has 0 aromatic heterocycles. The lowest BCUT2D eigenvalue weighted by atomic mass is 9.90. The van der Waals surface area contributed by atoms with E-state index in [0.29, 0.717) is 6.04 Å². The monoisotopic (exact) mass is 247 g/mol. The molecule has 0 aliphatic heterocycles. The lowest BCUT2D eigenvalue weighted by Gasteiger charge is -2.22. The van der Waals surface area contributed by atoms with Crippen molar-refractivity contribution in [1.29, 1.82) is 0 Å². The number of hydrogen-bond donors (Lipinski definition) is 1. The van der Waals surface area contributed by atoms with Crippen molar-refractivity contribution in [1.82, 2.24) is 5.32 Å². The zero-order chi connectivity index (χ0) is 13.5. The number of rotatable bonds is 7. The summed E-state index contributed by atoms with van der Waals surface area (Å²) in [4.78, 5) is 0. The van der Waals surface area contributed by atoms with Crippen LogP contribution in [0.25, 0.3) is 0 Å². The summed E-state index contributed by atoms with van der Waals surface area (Å²) < 4.78 is 0. The second kappa shape index (κ2) is 7.58. The molecule has 0 heterocycles. The third-order valence-electron chi connectivity index (χ3n) is 3.57. The molecule has 18 heavy (non-hydrogen) atoms. The van der Waals surface area contributed by atoms with Gasteiger partial charge in [0, 0.05) is 6.04 Å². The molecule has 102 valence electrons. The van der Waals surface area contributed by atoms with E-state index in [1.807, 2.05) is 0 Å². The maximum absolute atomic E-state index is 3.47. The van der Waals surface area contributed by atoms with Crippen LogP contribution in [0.1, 0.15) is 44.7 Å². The quantitative estimate of drug-likeness (QED) is 0.761. The van der Waals surface area contributed by atoms with Gasteiger partial charge in [0.15, 0.2) is 0 Å². The van der Waals surface area contributed by atoms with E-state index in [1.165, 1.54) is 24.0 Å². The summed E-state index contributed by atoms with van der Waals surface area (Å²) in [5, 5.41) is 3.47. The van der Waals surface area contributed by atoms with Gasteiger partial charge >= 0.3 is 0 Å². The molecule has 0 amide bonds. The second-order valence-electron chi connectivity index (χ2n) is 6.15. The van der Waals surface area contributed by atoms with Crippen LogP contribution in [0.4, 0.5) is 0 Å². The van der Waals surface area contributed by atoms with E-state index in [2.05, 4.69) is 64.3 Å². The van der Waals surface area contributed by atoms with Gasteiger partial charge in [0.05, 0.1) is 0 Å². The number of hydrogen-bond acceptors (Lipinski definition) is 1.